The molecule has 0 aliphatic heterocycles. The lowest BCUT2D eigenvalue weighted by Crippen LogP contribution is -2.54. The van der Waals surface area contributed by atoms with Crippen molar-refractivity contribution in [2.24, 2.45) is 24.6 Å². The topological polar surface area (TPSA) is 82.0 Å². The molecule has 2 aromatic rings. The van der Waals surface area contributed by atoms with Crippen LogP contribution in [0.4, 0.5) is 0 Å². The molecule has 3 N–H and O–H groups in total. The quantitative estimate of drug-likeness (QED) is 0.854. The molecule has 26 heavy (non-hydrogen) atoms. The zero-order chi connectivity index (χ0) is 17.6. The van der Waals surface area contributed by atoms with Gasteiger partial charge in [-0.3, -0.25) is 13.9 Å². The van der Waals surface area contributed by atoms with Gasteiger partial charge in [-0.2, -0.15) is 0 Å². The molecular weight excluding hydrogens is 352 g/mol. The number of benzene rings is 1. The Morgan fingerprint density at radius 1 is 1.19 bits per heavy atom. The van der Waals surface area contributed by atoms with Gasteiger partial charge < -0.3 is 11.1 Å². The van der Waals surface area contributed by atoms with Gasteiger partial charge in [0.2, 0.25) is 5.91 Å². The molecule has 0 saturated heterocycles. The van der Waals surface area contributed by atoms with Gasteiger partial charge in [0.15, 0.2) is 0 Å². The van der Waals surface area contributed by atoms with Crippen molar-refractivity contribution < 1.29 is 4.79 Å². The molecule has 2 atom stereocenters. The van der Waals surface area contributed by atoms with E-state index in [1.165, 1.54) is 6.42 Å². The highest BCUT2D eigenvalue weighted by Gasteiger charge is 2.39. The van der Waals surface area contributed by atoms with Gasteiger partial charge in [-0.25, -0.2) is 4.79 Å². The van der Waals surface area contributed by atoms with Crippen LogP contribution in [-0.4, -0.2) is 27.1 Å². The lowest BCUT2D eigenvalue weighted by atomic mass is 9.67. The van der Waals surface area contributed by atoms with E-state index in [2.05, 4.69) is 5.32 Å². The summed E-state index contributed by atoms with van der Waals surface area (Å²) >= 11 is 0. The van der Waals surface area contributed by atoms with Gasteiger partial charge in [-0.05, 0) is 49.7 Å². The van der Waals surface area contributed by atoms with Crippen LogP contribution in [0.1, 0.15) is 32.1 Å². The predicted molar refractivity (Wildman–Crippen MR) is 104 cm³/mol. The predicted octanol–water partition coefficient (Wildman–Crippen LogP) is 1.78. The largest absolute Gasteiger partial charge is 0.351 e. The van der Waals surface area contributed by atoms with Crippen molar-refractivity contribution in [2.45, 2.75) is 50.7 Å². The van der Waals surface area contributed by atoms with Gasteiger partial charge in [0, 0.05) is 19.1 Å². The number of nitrogens with zero attached hydrogens (tertiary/aromatic N) is 2. The van der Waals surface area contributed by atoms with Crippen LogP contribution in [0.15, 0.2) is 29.1 Å². The van der Waals surface area contributed by atoms with Crippen molar-refractivity contribution in [1.82, 2.24) is 14.5 Å². The third-order valence-corrected chi connectivity index (χ3v) is 6.06. The number of carbonyl (C=O) groups is 1. The van der Waals surface area contributed by atoms with E-state index in [0.29, 0.717) is 11.8 Å². The van der Waals surface area contributed by atoms with Crippen LogP contribution in [0.2, 0.25) is 0 Å². The fourth-order valence-corrected chi connectivity index (χ4v) is 4.92. The monoisotopic (exact) mass is 378 g/mol. The average molecular weight is 379 g/mol. The van der Waals surface area contributed by atoms with Crippen LogP contribution in [-0.2, 0) is 18.4 Å². The number of aromatic nitrogens is 2. The molecule has 1 aromatic heterocycles. The van der Waals surface area contributed by atoms with Crippen LogP contribution in [0.5, 0.6) is 0 Å². The molecule has 2 bridgehead atoms. The second kappa shape index (κ2) is 7.45. The smallest absolute Gasteiger partial charge is 0.329 e. The molecule has 2 aliphatic rings. The number of nitrogens with one attached hydrogen (secondary N) is 1. The van der Waals surface area contributed by atoms with Crippen molar-refractivity contribution in [1.29, 1.82) is 0 Å². The van der Waals surface area contributed by atoms with E-state index < -0.39 is 0 Å². The molecule has 2 saturated carbocycles. The van der Waals surface area contributed by atoms with Crippen LogP contribution in [0.3, 0.4) is 0 Å². The Balaban J connectivity index is 0.00000196. The summed E-state index contributed by atoms with van der Waals surface area (Å²) in [5, 5.41) is 3.23. The Kier molecular flexibility index (Phi) is 5.44. The number of halogens is 1. The van der Waals surface area contributed by atoms with Gasteiger partial charge in [0.1, 0.15) is 6.54 Å². The normalized spacial score (nSPS) is 27.8. The lowest BCUT2D eigenvalue weighted by molar-refractivity contribution is -0.124. The third-order valence-electron chi connectivity index (χ3n) is 6.06. The molecular formula is C19H27ClN4O2. The van der Waals surface area contributed by atoms with Gasteiger partial charge in [-0.1, -0.05) is 18.6 Å². The summed E-state index contributed by atoms with van der Waals surface area (Å²) in [5.74, 6) is 0.891. The molecule has 7 heteroatoms. The number of fused-ring (bicyclic) bond motifs is 3. The number of amides is 1. The molecule has 142 valence electrons. The minimum atomic E-state index is -0.151. The van der Waals surface area contributed by atoms with E-state index in [4.69, 9.17) is 5.73 Å². The minimum absolute atomic E-state index is 0. The van der Waals surface area contributed by atoms with E-state index in [-0.39, 0.29) is 42.6 Å². The second-order valence-electron chi connectivity index (χ2n) is 7.69. The maximum Gasteiger partial charge on any atom is 0.329 e. The molecule has 2 fully saturated rings. The summed E-state index contributed by atoms with van der Waals surface area (Å²) < 4.78 is 3.16. The number of imidazole rings is 1. The number of hydrogen-bond acceptors (Lipinski definition) is 3. The first-order valence-electron chi connectivity index (χ1n) is 9.24. The number of hydrogen-bond donors (Lipinski definition) is 2. The lowest BCUT2D eigenvalue weighted by Gasteiger charge is -2.45. The van der Waals surface area contributed by atoms with Gasteiger partial charge in [0.25, 0.3) is 0 Å². The molecule has 1 aromatic carbocycles. The summed E-state index contributed by atoms with van der Waals surface area (Å²) in [6.07, 6.45) is 5.51. The van der Waals surface area contributed by atoms with Crippen molar-refractivity contribution >= 4 is 29.3 Å². The molecule has 0 spiro atoms. The fraction of sp³-hybridized carbons (Fsp3) is 0.579. The Morgan fingerprint density at radius 2 is 1.81 bits per heavy atom. The van der Waals surface area contributed by atoms with Gasteiger partial charge in [-0.15, -0.1) is 12.4 Å². The number of para-hydroxylation sites is 2. The molecule has 0 radical (unpaired) electrons. The Bertz CT molecular complexity index is 845. The molecule has 1 amide bonds. The van der Waals surface area contributed by atoms with E-state index in [0.717, 1.165) is 36.7 Å². The van der Waals surface area contributed by atoms with Crippen molar-refractivity contribution in [3.05, 3.63) is 34.7 Å². The molecule has 2 unspecified atom stereocenters. The summed E-state index contributed by atoms with van der Waals surface area (Å²) in [6.45, 7) is 0.0716. The highest BCUT2D eigenvalue weighted by molar-refractivity contribution is 5.85. The van der Waals surface area contributed by atoms with Crippen LogP contribution >= 0.6 is 12.4 Å². The second-order valence-corrected chi connectivity index (χ2v) is 7.69. The summed E-state index contributed by atoms with van der Waals surface area (Å²) in [4.78, 5) is 25.2. The number of nitrogens with two attached hydrogens (primary N) is 1. The van der Waals surface area contributed by atoms with Crippen LogP contribution < -0.4 is 16.7 Å². The molecule has 6 nitrogen and oxygen atoms in total. The molecule has 1 heterocycles. The Hall–Kier alpha value is -1.79. The summed E-state index contributed by atoms with van der Waals surface area (Å²) in [5.41, 5.74) is 7.66. The standard InChI is InChI=1S/C19H26N4O2.ClH/c1-22-15-7-2-3-8-16(15)23(19(22)25)11-17(24)21-18-12-5-4-6-13(18)10-14(20)9-12;/h2-3,7-8,12-14,18H,4-6,9-11,20H2,1H3,(H,21,24);1H. The number of rotatable bonds is 3. The average Bonchev–Trinajstić information content (AvgIpc) is 2.81. The Morgan fingerprint density at radius 3 is 2.46 bits per heavy atom. The SMILES string of the molecule is Cl.Cn1c(=O)n(CC(=O)NC2C3CCCC2CC(N)C3)c2ccccc21. The highest BCUT2D eigenvalue weighted by Crippen LogP contribution is 2.39. The minimum Gasteiger partial charge on any atom is -0.351 e. The first-order valence-corrected chi connectivity index (χ1v) is 9.24. The zero-order valence-corrected chi connectivity index (χ0v) is 15.9. The molecule has 4 rings (SSSR count). The van der Waals surface area contributed by atoms with Gasteiger partial charge >= 0.3 is 5.69 Å². The summed E-state index contributed by atoms with van der Waals surface area (Å²) in [6, 6.07) is 8.06. The Labute approximate surface area is 159 Å². The van der Waals surface area contributed by atoms with Crippen LogP contribution in [0.25, 0.3) is 11.0 Å². The van der Waals surface area contributed by atoms with Gasteiger partial charge in [0.05, 0.1) is 11.0 Å². The van der Waals surface area contributed by atoms with E-state index in [1.807, 2.05) is 24.3 Å². The van der Waals surface area contributed by atoms with E-state index in [9.17, 15) is 9.59 Å². The van der Waals surface area contributed by atoms with E-state index >= 15 is 0 Å². The van der Waals surface area contributed by atoms with Crippen molar-refractivity contribution in [3.63, 3.8) is 0 Å². The molecule has 2 aliphatic carbocycles. The first kappa shape index (κ1) is 19.0. The zero-order valence-electron chi connectivity index (χ0n) is 15.1. The number of carbonyl (C=O) groups excluding carboxylic acids is 1. The van der Waals surface area contributed by atoms with E-state index in [1.54, 1.807) is 16.2 Å². The highest BCUT2D eigenvalue weighted by atomic mass is 35.5. The summed E-state index contributed by atoms with van der Waals surface area (Å²) in [7, 11) is 1.74. The van der Waals surface area contributed by atoms with Crippen molar-refractivity contribution in [3.8, 4) is 0 Å². The van der Waals surface area contributed by atoms with Crippen molar-refractivity contribution in [2.75, 3.05) is 0 Å². The maximum absolute atomic E-state index is 12.7. The maximum atomic E-state index is 12.7. The third kappa shape index (κ3) is 3.28. The number of aryl methyl sites for hydroxylation is 1. The fourth-order valence-electron chi connectivity index (χ4n) is 4.92. The van der Waals surface area contributed by atoms with Crippen LogP contribution in [0, 0.1) is 11.8 Å². The first-order chi connectivity index (χ1) is 12.0.